The molecule has 0 aromatic heterocycles. The quantitative estimate of drug-likeness (QED) is 0.791. The number of rotatable bonds is 6. The van der Waals surface area contributed by atoms with Crippen molar-refractivity contribution in [2.75, 3.05) is 26.2 Å². The molecular formula is C16H24BrFN2. The molecule has 1 heterocycles. The lowest BCUT2D eigenvalue weighted by Crippen LogP contribution is -2.39. The van der Waals surface area contributed by atoms with E-state index in [4.69, 9.17) is 0 Å². The fourth-order valence-electron chi connectivity index (χ4n) is 2.84. The van der Waals surface area contributed by atoms with Crippen LogP contribution in [0.4, 0.5) is 4.39 Å². The molecule has 1 atom stereocenters. The van der Waals surface area contributed by atoms with Crippen LogP contribution in [0.2, 0.25) is 0 Å². The zero-order chi connectivity index (χ0) is 14.4. The van der Waals surface area contributed by atoms with Gasteiger partial charge in [0.05, 0.1) is 4.47 Å². The van der Waals surface area contributed by atoms with Gasteiger partial charge in [-0.15, -0.1) is 0 Å². The molecule has 1 N–H and O–H groups in total. The molecule has 1 unspecified atom stereocenters. The zero-order valence-corrected chi connectivity index (χ0v) is 13.8. The van der Waals surface area contributed by atoms with Gasteiger partial charge < -0.3 is 5.32 Å². The molecule has 0 spiro atoms. The molecule has 20 heavy (non-hydrogen) atoms. The van der Waals surface area contributed by atoms with Crippen LogP contribution in [0.15, 0.2) is 22.7 Å². The molecule has 0 saturated carbocycles. The molecule has 1 aliphatic heterocycles. The molecule has 0 bridgehead atoms. The van der Waals surface area contributed by atoms with Gasteiger partial charge in [-0.1, -0.05) is 13.0 Å². The van der Waals surface area contributed by atoms with E-state index in [0.717, 1.165) is 38.6 Å². The van der Waals surface area contributed by atoms with Crippen molar-refractivity contribution in [3.05, 3.63) is 34.1 Å². The van der Waals surface area contributed by atoms with Crippen molar-refractivity contribution in [2.24, 2.45) is 5.92 Å². The van der Waals surface area contributed by atoms with E-state index in [1.54, 1.807) is 6.07 Å². The lowest BCUT2D eigenvalue weighted by molar-refractivity contribution is 0.165. The lowest BCUT2D eigenvalue weighted by atomic mass is 9.97. The highest BCUT2D eigenvalue weighted by Crippen LogP contribution is 2.21. The highest BCUT2D eigenvalue weighted by Gasteiger charge is 2.19. The Morgan fingerprint density at radius 1 is 1.45 bits per heavy atom. The van der Waals surface area contributed by atoms with Gasteiger partial charge in [-0.25, -0.2) is 4.39 Å². The van der Waals surface area contributed by atoms with Crippen molar-refractivity contribution in [1.82, 2.24) is 10.2 Å². The second kappa shape index (κ2) is 8.11. The second-order valence-corrected chi connectivity index (χ2v) is 6.55. The predicted octanol–water partition coefficient (Wildman–Crippen LogP) is 3.80. The first kappa shape index (κ1) is 15.9. The predicted molar refractivity (Wildman–Crippen MR) is 85.3 cm³/mol. The summed E-state index contributed by atoms with van der Waals surface area (Å²) in [6, 6.07) is 5.33. The average Bonchev–Trinajstić information content (AvgIpc) is 2.44. The smallest absolute Gasteiger partial charge is 0.137 e. The van der Waals surface area contributed by atoms with Crippen LogP contribution in [0.1, 0.15) is 31.7 Å². The Labute approximate surface area is 129 Å². The average molecular weight is 343 g/mol. The van der Waals surface area contributed by atoms with E-state index in [1.807, 2.05) is 12.1 Å². The Morgan fingerprint density at radius 3 is 3.05 bits per heavy atom. The minimum atomic E-state index is -0.186. The Morgan fingerprint density at radius 2 is 2.30 bits per heavy atom. The van der Waals surface area contributed by atoms with Crippen molar-refractivity contribution in [3.8, 4) is 0 Å². The van der Waals surface area contributed by atoms with Crippen molar-refractivity contribution >= 4 is 15.9 Å². The maximum atomic E-state index is 13.2. The van der Waals surface area contributed by atoms with E-state index < -0.39 is 0 Å². The molecule has 2 rings (SSSR count). The number of hydrogen-bond acceptors (Lipinski definition) is 2. The molecule has 2 nitrogen and oxygen atoms in total. The van der Waals surface area contributed by atoms with Gasteiger partial charge >= 0.3 is 0 Å². The van der Waals surface area contributed by atoms with Gasteiger partial charge in [0.15, 0.2) is 0 Å². The molecule has 0 amide bonds. The number of likely N-dealkylation sites (tertiary alicyclic amines) is 1. The van der Waals surface area contributed by atoms with Crippen LogP contribution in [0.25, 0.3) is 0 Å². The minimum Gasteiger partial charge on any atom is -0.316 e. The zero-order valence-electron chi connectivity index (χ0n) is 12.2. The van der Waals surface area contributed by atoms with Gasteiger partial charge in [0, 0.05) is 13.1 Å². The van der Waals surface area contributed by atoms with E-state index in [2.05, 4.69) is 33.1 Å². The van der Waals surface area contributed by atoms with E-state index in [0.29, 0.717) is 4.47 Å². The number of nitrogens with one attached hydrogen (secondary N) is 1. The van der Waals surface area contributed by atoms with Crippen molar-refractivity contribution in [1.29, 1.82) is 0 Å². The second-order valence-electron chi connectivity index (χ2n) is 5.70. The Hall–Kier alpha value is -0.450. The number of nitrogens with zero attached hydrogens (tertiary/aromatic N) is 1. The van der Waals surface area contributed by atoms with Crippen LogP contribution in [-0.4, -0.2) is 31.1 Å². The number of piperidine rings is 1. The van der Waals surface area contributed by atoms with Gasteiger partial charge in [-0.3, -0.25) is 4.90 Å². The largest absolute Gasteiger partial charge is 0.316 e. The van der Waals surface area contributed by atoms with Gasteiger partial charge in [0.1, 0.15) is 5.82 Å². The third-order valence-electron chi connectivity index (χ3n) is 3.85. The van der Waals surface area contributed by atoms with Crippen LogP contribution in [0, 0.1) is 11.7 Å². The van der Waals surface area contributed by atoms with Crippen LogP contribution < -0.4 is 5.32 Å². The van der Waals surface area contributed by atoms with E-state index in [1.165, 1.54) is 24.8 Å². The van der Waals surface area contributed by atoms with Crippen LogP contribution in [-0.2, 0) is 6.54 Å². The summed E-state index contributed by atoms with van der Waals surface area (Å²) in [5.41, 5.74) is 1.18. The topological polar surface area (TPSA) is 15.3 Å². The summed E-state index contributed by atoms with van der Waals surface area (Å²) in [5, 5.41) is 3.52. The summed E-state index contributed by atoms with van der Waals surface area (Å²) < 4.78 is 13.8. The maximum absolute atomic E-state index is 13.2. The fraction of sp³-hybridized carbons (Fsp3) is 0.625. The summed E-state index contributed by atoms with van der Waals surface area (Å²) in [5.74, 6) is 0.563. The fourth-order valence-corrected chi connectivity index (χ4v) is 3.27. The Kier molecular flexibility index (Phi) is 6.46. The van der Waals surface area contributed by atoms with Crippen molar-refractivity contribution < 1.29 is 4.39 Å². The van der Waals surface area contributed by atoms with E-state index in [-0.39, 0.29) is 5.82 Å². The number of hydrogen-bond donors (Lipinski definition) is 1. The van der Waals surface area contributed by atoms with Crippen LogP contribution in [0.3, 0.4) is 0 Å². The maximum Gasteiger partial charge on any atom is 0.137 e. The van der Waals surface area contributed by atoms with Crippen molar-refractivity contribution in [3.63, 3.8) is 0 Å². The SMILES string of the molecule is CCCNCC1CCCN(Cc2ccc(F)c(Br)c2)C1. The summed E-state index contributed by atoms with van der Waals surface area (Å²) in [6.45, 7) is 7.65. The number of halogens is 2. The molecule has 1 saturated heterocycles. The Balaban J connectivity index is 1.84. The third kappa shape index (κ3) is 4.83. The lowest BCUT2D eigenvalue weighted by Gasteiger charge is -2.33. The number of benzene rings is 1. The highest BCUT2D eigenvalue weighted by atomic mass is 79.9. The molecule has 1 aliphatic rings. The summed E-state index contributed by atoms with van der Waals surface area (Å²) in [6.07, 6.45) is 3.78. The molecule has 1 fully saturated rings. The van der Waals surface area contributed by atoms with Crippen molar-refractivity contribution in [2.45, 2.75) is 32.7 Å². The molecule has 4 heteroatoms. The van der Waals surface area contributed by atoms with Gasteiger partial charge in [0.25, 0.3) is 0 Å². The monoisotopic (exact) mass is 342 g/mol. The van der Waals surface area contributed by atoms with Crippen LogP contribution >= 0.6 is 15.9 Å². The summed E-state index contributed by atoms with van der Waals surface area (Å²) in [7, 11) is 0. The summed E-state index contributed by atoms with van der Waals surface area (Å²) in [4.78, 5) is 2.49. The molecule has 0 radical (unpaired) electrons. The molecule has 1 aromatic rings. The standard InChI is InChI=1S/C16H24BrFN2/c1-2-7-19-10-14-4-3-8-20(12-14)11-13-5-6-16(18)15(17)9-13/h5-6,9,14,19H,2-4,7-8,10-12H2,1H3. The van der Waals surface area contributed by atoms with E-state index >= 15 is 0 Å². The first-order valence-electron chi connectivity index (χ1n) is 7.56. The van der Waals surface area contributed by atoms with Gasteiger partial charge in [-0.05, 0) is 78.4 Å². The van der Waals surface area contributed by atoms with Crippen LogP contribution in [0.5, 0.6) is 0 Å². The summed E-state index contributed by atoms with van der Waals surface area (Å²) >= 11 is 3.26. The Bertz CT molecular complexity index is 425. The normalized spacial score (nSPS) is 20.2. The highest BCUT2D eigenvalue weighted by molar-refractivity contribution is 9.10. The molecular weight excluding hydrogens is 319 g/mol. The first-order valence-corrected chi connectivity index (χ1v) is 8.35. The minimum absolute atomic E-state index is 0.186. The molecule has 0 aliphatic carbocycles. The third-order valence-corrected chi connectivity index (χ3v) is 4.46. The molecule has 112 valence electrons. The van der Waals surface area contributed by atoms with Gasteiger partial charge in [-0.2, -0.15) is 0 Å². The molecule has 1 aromatic carbocycles. The first-order chi connectivity index (χ1) is 9.69. The van der Waals surface area contributed by atoms with Gasteiger partial charge in [0.2, 0.25) is 0 Å². The van der Waals surface area contributed by atoms with E-state index in [9.17, 15) is 4.39 Å².